The van der Waals surface area contributed by atoms with Crippen LogP contribution in [0.2, 0.25) is 0 Å². The Labute approximate surface area is 108 Å². The van der Waals surface area contributed by atoms with Crippen molar-refractivity contribution in [3.8, 4) is 0 Å². The number of aromatic nitrogens is 2. The van der Waals surface area contributed by atoms with Gasteiger partial charge < -0.3 is 9.72 Å². The van der Waals surface area contributed by atoms with Crippen LogP contribution in [0, 0.1) is 0 Å². The molecule has 4 nitrogen and oxygen atoms in total. The zero-order valence-corrected chi connectivity index (χ0v) is 10.8. The molecule has 1 unspecified atom stereocenters. The van der Waals surface area contributed by atoms with Crippen LogP contribution >= 0.6 is 0 Å². The number of pyridine rings is 1. The summed E-state index contributed by atoms with van der Waals surface area (Å²) in [4.78, 5) is 7.15. The molecule has 1 atom stereocenters. The van der Waals surface area contributed by atoms with Crippen molar-refractivity contribution in [2.45, 2.75) is 25.9 Å². The highest BCUT2D eigenvalue weighted by Gasteiger charge is 2.18. The van der Waals surface area contributed by atoms with Gasteiger partial charge in [-0.05, 0) is 18.6 Å². The van der Waals surface area contributed by atoms with E-state index in [9.17, 15) is 0 Å². The third-order valence-corrected chi connectivity index (χ3v) is 3.63. The Morgan fingerprint density at radius 1 is 1.44 bits per heavy atom. The Morgan fingerprint density at radius 3 is 3.22 bits per heavy atom. The van der Waals surface area contributed by atoms with Gasteiger partial charge in [-0.2, -0.15) is 0 Å². The van der Waals surface area contributed by atoms with Crippen molar-refractivity contribution in [3.05, 3.63) is 36.3 Å². The number of rotatable bonds is 3. The van der Waals surface area contributed by atoms with Crippen LogP contribution < -0.4 is 5.32 Å². The zero-order valence-electron chi connectivity index (χ0n) is 10.8. The van der Waals surface area contributed by atoms with Crippen molar-refractivity contribution >= 4 is 5.65 Å². The lowest BCUT2D eigenvalue weighted by Crippen LogP contribution is -2.49. The van der Waals surface area contributed by atoms with Crippen LogP contribution in [0.1, 0.15) is 19.0 Å². The predicted octanol–water partition coefficient (Wildman–Crippen LogP) is 1.52. The molecule has 0 aliphatic carbocycles. The summed E-state index contributed by atoms with van der Waals surface area (Å²) in [5.74, 6) is 0. The molecule has 0 radical (unpaired) electrons. The van der Waals surface area contributed by atoms with E-state index in [-0.39, 0.29) is 0 Å². The van der Waals surface area contributed by atoms with Gasteiger partial charge in [0.25, 0.3) is 0 Å². The molecule has 18 heavy (non-hydrogen) atoms. The van der Waals surface area contributed by atoms with Gasteiger partial charge in [-0.25, -0.2) is 4.98 Å². The first-order chi connectivity index (χ1) is 8.85. The van der Waals surface area contributed by atoms with Gasteiger partial charge >= 0.3 is 0 Å². The normalized spacial score (nSPS) is 21.5. The fourth-order valence-corrected chi connectivity index (χ4v) is 2.60. The van der Waals surface area contributed by atoms with Crippen LogP contribution in [0.3, 0.4) is 0 Å². The molecular weight excluding hydrogens is 224 g/mol. The number of nitrogens with zero attached hydrogens (tertiary/aromatic N) is 3. The van der Waals surface area contributed by atoms with Gasteiger partial charge in [0.2, 0.25) is 0 Å². The van der Waals surface area contributed by atoms with Crippen molar-refractivity contribution < 1.29 is 0 Å². The summed E-state index contributed by atoms with van der Waals surface area (Å²) < 4.78 is 2.09. The third-order valence-electron chi connectivity index (χ3n) is 3.63. The van der Waals surface area contributed by atoms with Crippen molar-refractivity contribution in [1.29, 1.82) is 0 Å². The van der Waals surface area contributed by atoms with Crippen LogP contribution in [0.5, 0.6) is 0 Å². The summed E-state index contributed by atoms with van der Waals surface area (Å²) in [6.07, 6.45) is 5.39. The first kappa shape index (κ1) is 11.7. The van der Waals surface area contributed by atoms with Gasteiger partial charge in [0, 0.05) is 44.6 Å². The van der Waals surface area contributed by atoms with E-state index in [0.29, 0.717) is 6.04 Å². The summed E-state index contributed by atoms with van der Waals surface area (Å²) in [5, 5.41) is 3.54. The Hall–Kier alpha value is -1.39. The molecule has 3 heterocycles. The summed E-state index contributed by atoms with van der Waals surface area (Å²) in [6.45, 7) is 6.53. The molecule has 1 aliphatic rings. The van der Waals surface area contributed by atoms with E-state index in [1.807, 2.05) is 12.1 Å². The highest BCUT2D eigenvalue weighted by Crippen LogP contribution is 2.10. The molecule has 2 aromatic rings. The molecular formula is C14H20N4. The average Bonchev–Trinajstić information content (AvgIpc) is 2.81. The molecule has 1 saturated heterocycles. The molecule has 0 amide bonds. The van der Waals surface area contributed by atoms with E-state index in [4.69, 9.17) is 0 Å². The molecule has 1 N–H and O–H groups in total. The number of fused-ring (bicyclic) bond motifs is 1. The van der Waals surface area contributed by atoms with Gasteiger partial charge in [-0.1, -0.05) is 13.0 Å². The molecule has 3 rings (SSSR count). The maximum absolute atomic E-state index is 4.66. The van der Waals surface area contributed by atoms with E-state index < -0.39 is 0 Å². The number of piperazine rings is 1. The lowest BCUT2D eigenvalue weighted by molar-refractivity contribution is 0.188. The lowest BCUT2D eigenvalue weighted by Gasteiger charge is -2.32. The Bertz CT molecular complexity index is 486. The maximum Gasteiger partial charge on any atom is 0.137 e. The standard InChI is InChI=1S/C14H20N4/c1-2-12-9-17(8-6-15-12)10-13-11-18-7-4-3-5-14(18)16-13/h3-5,7,11-12,15H,2,6,8-10H2,1H3. The van der Waals surface area contributed by atoms with Gasteiger partial charge in [0.1, 0.15) is 5.65 Å². The monoisotopic (exact) mass is 244 g/mol. The molecule has 96 valence electrons. The highest BCUT2D eigenvalue weighted by atomic mass is 15.2. The molecule has 2 aromatic heterocycles. The van der Waals surface area contributed by atoms with E-state index >= 15 is 0 Å². The molecule has 0 aromatic carbocycles. The largest absolute Gasteiger partial charge is 0.311 e. The van der Waals surface area contributed by atoms with Gasteiger partial charge in [-0.15, -0.1) is 0 Å². The second kappa shape index (κ2) is 5.08. The SMILES string of the molecule is CCC1CN(Cc2cn3ccccc3n2)CCN1. The number of nitrogens with one attached hydrogen (secondary N) is 1. The minimum Gasteiger partial charge on any atom is -0.311 e. The summed E-state index contributed by atoms with van der Waals surface area (Å²) in [7, 11) is 0. The quantitative estimate of drug-likeness (QED) is 0.888. The van der Waals surface area contributed by atoms with Crippen LogP contribution in [-0.4, -0.2) is 40.0 Å². The Kier molecular flexibility index (Phi) is 3.30. The Balaban J connectivity index is 1.71. The molecule has 0 spiro atoms. The van der Waals surface area contributed by atoms with Gasteiger partial charge in [0.15, 0.2) is 0 Å². The maximum atomic E-state index is 4.66. The molecule has 1 aliphatic heterocycles. The van der Waals surface area contributed by atoms with Gasteiger partial charge in [0.05, 0.1) is 5.69 Å². The molecule has 1 fully saturated rings. The van der Waals surface area contributed by atoms with Crippen LogP contribution in [0.15, 0.2) is 30.6 Å². The van der Waals surface area contributed by atoms with Crippen LogP contribution in [0.25, 0.3) is 5.65 Å². The molecule has 0 saturated carbocycles. The van der Waals surface area contributed by atoms with E-state index in [2.05, 4.69) is 45.0 Å². The zero-order chi connectivity index (χ0) is 12.4. The molecule has 4 heteroatoms. The first-order valence-corrected chi connectivity index (χ1v) is 6.73. The predicted molar refractivity (Wildman–Crippen MR) is 72.6 cm³/mol. The smallest absolute Gasteiger partial charge is 0.137 e. The Morgan fingerprint density at radius 2 is 2.39 bits per heavy atom. The summed E-state index contributed by atoms with van der Waals surface area (Å²) in [6, 6.07) is 6.76. The highest BCUT2D eigenvalue weighted by molar-refractivity contribution is 5.39. The number of imidazole rings is 1. The summed E-state index contributed by atoms with van der Waals surface area (Å²) >= 11 is 0. The van der Waals surface area contributed by atoms with Crippen LogP contribution in [0.4, 0.5) is 0 Å². The second-order valence-corrected chi connectivity index (χ2v) is 4.99. The van der Waals surface area contributed by atoms with Crippen molar-refractivity contribution in [1.82, 2.24) is 19.6 Å². The minimum absolute atomic E-state index is 0.635. The summed E-state index contributed by atoms with van der Waals surface area (Å²) in [5.41, 5.74) is 2.20. The van der Waals surface area contributed by atoms with Crippen molar-refractivity contribution in [3.63, 3.8) is 0 Å². The lowest BCUT2D eigenvalue weighted by atomic mass is 10.1. The van der Waals surface area contributed by atoms with Crippen molar-refractivity contribution in [2.75, 3.05) is 19.6 Å². The fourth-order valence-electron chi connectivity index (χ4n) is 2.60. The number of hydrogen-bond acceptors (Lipinski definition) is 3. The third kappa shape index (κ3) is 2.40. The van der Waals surface area contributed by atoms with E-state index in [0.717, 1.165) is 37.5 Å². The topological polar surface area (TPSA) is 32.6 Å². The van der Waals surface area contributed by atoms with Gasteiger partial charge in [-0.3, -0.25) is 4.90 Å². The first-order valence-electron chi connectivity index (χ1n) is 6.73. The minimum atomic E-state index is 0.635. The van der Waals surface area contributed by atoms with Crippen molar-refractivity contribution in [2.24, 2.45) is 0 Å². The number of hydrogen-bond donors (Lipinski definition) is 1. The van der Waals surface area contributed by atoms with E-state index in [1.54, 1.807) is 0 Å². The van der Waals surface area contributed by atoms with Crippen LogP contribution in [-0.2, 0) is 6.54 Å². The second-order valence-electron chi connectivity index (χ2n) is 4.99. The van der Waals surface area contributed by atoms with E-state index in [1.165, 1.54) is 6.42 Å². The average molecular weight is 244 g/mol. The fraction of sp³-hybridized carbons (Fsp3) is 0.500. The molecule has 0 bridgehead atoms.